The van der Waals surface area contributed by atoms with E-state index in [1.807, 2.05) is 25.1 Å². The first-order chi connectivity index (χ1) is 6.22. The summed E-state index contributed by atoms with van der Waals surface area (Å²) in [6.45, 7) is 1.97. The Morgan fingerprint density at radius 2 is 2.23 bits per heavy atom. The van der Waals surface area contributed by atoms with Gasteiger partial charge in [0.2, 0.25) is 0 Å². The molecule has 3 heteroatoms. The number of H-pyrrole nitrogens is 1. The van der Waals surface area contributed by atoms with E-state index in [1.54, 1.807) is 0 Å². The molecule has 2 nitrogen and oxygen atoms in total. The molecule has 0 saturated heterocycles. The summed E-state index contributed by atoms with van der Waals surface area (Å²) < 4.78 is 0.987. The third kappa shape index (κ3) is 1.29. The Hall–Kier alpha value is -1.09. The van der Waals surface area contributed by atoms with E-state index in [-0.39, 0.29) is 0 Å². The summed E-state index contributed by atoms with van der Waals surface area (Å²) in [4.78, 5) is 13.9. The second kappa shape index (κ2) is 3.00. The minimum Gasteiger partial charge on any atom is -0.358 e. The van der Waals surface area contributed by atoms with Crippen LogP contribution in [-0.2, 0) is 0 Å². The quantitative estimate of drug-likeness (QED) is 0.761. The van der Waals surface area contributed by atoms with Gasteiger partial charge in [-0.05, 0) is 41.1 Å². The molecule has 0 aliphatic carbocycles. The molecule has 1 aromatic heterocycles. The van der Waals surface area contributed by atoms with E-state index in [4.69, 9.17) is 0 Å². The zero-order valence-corrected chi connectivity index (χ0v) is 8.68. The number of halogens is 1. The predicted molar refractivity (Wildman–Crippen MR) is 56.1 cm³/mol. The summed E-state index contributed by atoms with van der Waals surface area (Å²) in [5.74, 6) is 0. The Labute approximate surface area is 84.1 Å². The van der Waals surface area contributed by atoms with Crippen molar-refractivity contribution in [1.29, 1.82) is 0 Å². The number of carbonyl (C=O) groups is 1. The maximum absolute atomic E-state index is 10.7. The van der Waals surface area contributed by atoms with Crippen molar-refractivity contribution in [1.82, 2.24) is 4.98 Å². The van der Waals surface area contributed by atoms with Gasteiger partial charge < -0.3 is 4.98 Å². The number of aldehydes is 1. The molecule has 1 heterocycles. The summed E-state index contributed by atoms with van der Waals surface area (Å²) in [6, 6.07) is 5.67. The van der Waals surface area contributed by atoms with Crippen molar-refractivity contribution >= 4 is 33.1 Å². The standard InChI is InChI=1S/C10H8BrNO/c1-6-4-8-7(5-13)2-3-9(11)10(8)12-6/h2-5,12H,1H3. The Bertz CT molecular complexity index is 473. The topological polar surface area (TPSA) is 32.9 Å². The Morgan fingerprint density at radius 3 is 2.92 bits per heavy atom. The molecule has 1 aromatic carbocycles. The monoisotopic (exact) mass is 237 g/mol. The number of aromatic amines is 1. The summed E-state index contributed by atoms with van der Waals surface area (Å²) >= 11 is 3.43. The fourth-order valence-electron chi connectivity index (χ4n) is 1.44. The number of fused-ring (bicyclic) bond motifs is 1. The van der Waals surface area contributed by atoms with E-state index in [0.29, 0.717) is 0 Å². The highest BCUT2D eigenvalue weighted by Crippen LogP contribution is 2.26. The van der Waals surface area contributed by atoms with Crippen LogP contribution in [0.25, 0.3) is 10.9 Å². The first kappa shape index (κ1) is 8.51. The molecule has 2 aromatic rings. The van der Waals surface area contributed by atoms with Crippen LogP contribution in [0.15, 0.2) is 22.7 Å². The molecule has 66 valence electrons. The van der Waals surface area contributed by atoms with Crippen LogP contribution in [0, 0.1) is 6.92 Å². The normalized spacial score (nSPS) is 10.6. The highest BCUT2D eigenvalue weighted by molar-refractivity contribution is 9.10. The molecule has 0 saturated carbocycles. The van der Waals surface area contributed by atoms with Crippen molar-refractivity contribution in [3.8, 4) is 0 Å². The number of hydrogen-bond donors (Lipinski definition) is 1. The lowest BCUT2D eigenvalue weighted by atomic mass is 10.1. The minimum atomic E-state index is 0.725. The van der Waals surface area contributed by atoms with Gasteiger partial charge in [-0.15, -0.1) is 0 Å². The van der Waals surface area contributed by atoms with Gasteiger partial charge in [-0.25, -0.2) is 0 Å². The lowest BCUT2D eigenvalue weighted by Gasteiger charge is -1.96. The van der Waals surface area contributed by atoms with Gasteiger partial charge in [0.1, 0.15) is 0 Å². The van der Waals surface area contributed by atoms with Crippen LogP contribution >= 0.6 is 15.9 Å². The van der Waals surface area contributed by atoms with E-state index in [0.717, 1.165) is 32.9 Å². The molecule has 0 radical (unpaired) electrons. The van der Waals surface area contributed by atoms with Crippen LogP contribution < -0.4 is 0 Å². The van der Waals surface area contributed by atoms with E-state index in [9.17, 15) is 4.79 Å². The number of rotatable bonds is 1. The summed E-state index contributed by atoms with van der Waals surface area (Å²) in [5.41, 5.74) is 2.77. The zero-order chi connectivity index (χ0) is 9.42. The molecule has 2 rings (SSSR count). The smallest absolute Gasteiger partial charge is 0.150 e. The molecule has 13 heavy (non-hydrogen) atoms. The van der Waals surface area contributed by atoms with Crippen LogP contribution in [0.5, 0.6) is 0 Å². The molecule has 0 amide bonds. The molecule has 0 fully saturated rings. The van der Waals surface area contributed by atoms with Gasteiger partial charge in [-0.3, -0.25) is 4.79 Å². The number of aryl methyl sites for hydroxylation is 1. The summed E-state index contributed by atoms with van der Waals surface area (Å²) in [6.07, 6.45) is 0.877. The van der Waals surface area contributed by atoms with Crippen molar-refractivity contribution in [2.45, 2.75) is 6.92 Å². The van der Waals surface area contributed by atoms with Crippen LogP contribution in [-0.4, -0.2) is 11.3 Å². The van der Waals surface area contributed by atoms with Gasteiger partial charge in [0.05, 0.1) is 5.52 Å². The average Bonchev–Trinajstić information content (AvgIpc) is 2.48. The summed E-state index contributed by atoms with van der Waals surface area (Å²) in [5, 5.41) is 0.974. The number of hydrogen-bond acceptors (Lipinski definition) is 1. The zero-order valence-electron chi connectivity index (χ0n) is 7.10. The Kier molecular flexibility index (Phi) is 1.96. The lowest BCUT2D eigenvalue weighted by molar-refractivity contribution is 0.112. The maximum atomic E-state index is 10.7. The molecule has 1 N–H and O–H groups in total. The van der Waals surface area contributed by atoms with Crippen LogP contribution in [0.3, 0.4) is 0 Å². The lowest BCUT2D eigenvalue weighted by Crippen LogP contribution is -1.80. The third-order valence-corrected chi connectivity index (χ3v) is 2.70. The van der Waals surface area contributed by atoms with E-state index in [2.05, 4.69) is 20.9 Å². The Morgan fingerprint density at radius 1 is 1.46 bits per heavy atom. The van der Waals surface area contributed by atoms with Gasteiger partial charge >= 0.3 is 0 Å². The van der Waals surface area contributed by atoms with Crippen molar-refractivity contribution in [2.75, 3.05) is 0 Å². The fourth-order valence-corrected chi connectivity index (χ4v) is 1.89. The molecule has 0 aliphatic rings. The number of benzene rings is 1. The highest BCUT2D eigenvalue weighted by atomic mass is 79.9. The van der Waals surface area contributed by atoms with Crippen molar-refractivity contribution < 1.29 is 4.79 Å². The second-order valence-corrected chi connectivity index (χ2v) is 3.85. The first-order valence-electron chi connectivity index (χ1n) is 3.95. The van der Waals surface area contributed by atoms with Crippen LogP contribution in [0.4, 0.5) is 0 Å². The van der Waals surface area contributed by atoms with Crippen LogP contribution in [0.2, 0.25) is 0 Å². The minimum absolute atomic E-state index is 0.725. The van der Waals surface area contributed by atoms with Gasteiger partial charge in [0, 0.05) is 21.1 Å². The molecule has 0 spiro atoms. The van der Waals surface area contributed by atoms with Crippen molar-refractivity contribution in [2.24, 2.45) is 0 Å². The second-order valence-electron chi connectivity index (χ2n) is 3.00. The molecule has 0 unspecified atom stereocenters. The largest absolute Gasteiger partial charge is 0.358 e. The number of carbonyl (C=O) groups excluding carboxylic acids is 1. The highest BCUT2D eigenvalue weighted by Gasteiger charge is 2.05. The molecule has 0 atom stereocenters. The van der Waals surface area contributed by atoms with Gasteiger partial charge in [0.15, 0.2) is 6.29 Å². The maximum Gasteiger partial charge on any atom is 0.150 e. The molecule has 0 aliphatic heterocycles. The Balaban J connectivity index is 2.91. The third-order valence-electron chi connectivity index (χ3n) is 2.04. The van der Waals surface area contributed by atoms with E-state index >= 15 is 0 Å². The van der Waals surface area contributed by atoms with Gasteiger partial charge in [-0.2, -0.15) is 0 Å². The van der Waals surface area contributed by atoms with Crippen molar-refractivity contribution in [3.05, 3.63) is 33.9 Å². The molecular weight excluding hydrogens is 230 g/mol. The fraction of sp³-hybridized carbons (Fsp3) is 0.100. The molecular formula is C10H8BrNO. The number of aromatic nitrogens is 1. The van der Waals surface area contributed by atoms with E-state index in [1.165, 1.54) is 0 Å². The van der Waals surface area contributed by atoms with Gasteiger partial charge in [0.25, 0.3) is 0 Å². The SMILES string of the molecule is Cc1cc2c(C=O)ccc(Br)c2[nH]1. The van der Waals surface area contributed by atoms with Crippen LogP contribution in [0.1, 0.15) is 16.1 Å². The van der Waals surface area contributed by atoms with Gasteiger partial charge in [-0.1, -0.05) is 0 Å². The predicted octanol–water partition coefficient (Wildman–Crippen LogP) is 3.05. The average molecular weight is 238 g/mol. The van der Waals surface area contributed by atoms with E-state index < -0.39 is 0 Å². The molecule has 0 bridgehead atoms. The summed E-state index contributed by atoms with van der Waals surface area (Å²) in [7, 11) is 0. The van der Waals surface area contributed by atoms with Crippen molar-refractivity contribution in [3.63, 3.8) is 0 Å². The number of nitrogens with one attached hydrogen (secondary N) is 1. The first-order valence-corrected chi connectivity index (χ1v) is 4.74.